The number of rotatable bonds is 10. The molecule has 39 heavy (non-hydrogen) atoms. The number of anilines is 1. The van der Waals surface area contributed by atoms with Gasteiger partial charge in [-0.05, 0) is 51.0 Å². The highest BCUT2D eigenvalue weighted by Crippen LogP contribution is 2.20. The summed E-state index contributed by atoms with van der Waals surface area (Å²) in [4.78, 5) is 61.5. The number of allylic oxidation sites excluding steroid dienone is 2. The molecule has 0 bridgehead atoms. The molecular formula is C26H30FN7O5. The molecule has 1 unspecified atom stereocenters. The molecule has 0 saturated heterocycles. The molecule has 0 aliphatic carbocycles. The van der Waals surface area contributed by atoms with Gasteiger partial charge in [-0.1, -0.05) is 11.6 Å². The Morgan fingerprint density at radius 2 is 2.03 bits per heavy atom. The molecule has 0 saturated carbocycles. The molecule has 206 valence electrons. The lowest BCUT2D eigenvalue weighted by molar-refractivity contribution is -0.123. The van der Waals surface area contributed by atoms with Crippen LogP contribution in [0.2, 0.25) is 0 Å². The predicted molar refractivity (Wildman–Crippen MR) is 144 cm³/mol. The van der Waals surface area contributed by atoms with Crippen molar-refractivity contribution in [1.82, 2.24) is 29.7 Å². The molecule has 0 aliphatic heterocycles. The summed E-state index contributed by atoms with van der Waals surface area (Å²) in [6.07, 6.45) is 6.10. The second-order valence-electron chi connectivity index (χ2n) is 9.18. The lowest BCUT2D eigenvalue weighted by Gasteiger charge is -2.16. The third-order valence-corrected chi connectivity index (χ3v) is 5.51. The van der Waals surface area contributed by atoms with Gasteiger partial charge in [-0.2, -0.15) is 0 Å². The molecule has 1 atom stereocenters. The highest BCUT2D eigenvalue weighted by atomic mass is 19.1. The lowest BCUT2D eigenvalue weighted by Crippen LogP contribution is -2.44. The van der Waals surface area contributed by atoms with E-state index < -0.39 is 29.4 Å². The van der Waals surface area contributed by atoms with Crippen LogP contribution in [0.3, 0.4) is 0 Å². The number of hydrogen-bond acceptors (Lipinski definition) is 6. The van der Waals surface area contributed by atoms with Gasteiger partial charge in [0.2, 0.25) is 11.8 Å². The summed E-state index contributed by atoms with van der Waals surface area (Å²) in [7, 11) is 3.18. The number of aromatic nitrogens is 4. The number of nitrogens with one attached hydrogen (secondary N) is 3. The van der Waals surface area contributed by atoms with Gasteiger partial charge in [0, 0.05) is 20.3 Å². The van der Waals surface area contributed by atoms with Crippen LogP contribution in [0.5, 0.6) is 0 Å². The van der Waals surface area contributed by atoms with Crippen molar-refractivity contribution >= 4 is 40.7 Å². The number of nitrogens with zero attached hydrogens (tertiary/aromatic N) is 4. The van der Waals surface area contributed by atoms with Crippen molar-refractivity contribution < 1.29 is 23.9 Å². The zero-order valence-electron chi connectivity index (χ0n) is 22.0. The smallest absolute Gasteiger partial charge is 0.405 e. The van der Waals surface area contributed by atoms with Crippen molar-refractivity contribution in [3.05, 3.63) is 69.9 Å². The first-order valence-corrected chi connectivity index (χ1v) is 12.0. The summed E-state index contributed by atoms with van der Waals surface area (Å²) in [5.41, 5.74) is 1.31. The van der Waals surface area contributed by atoms with Crippen molar-refractivity contribution in [2.24, 2.45) is 0 Å². The number of hydrogen-bond donors (Lipinski definition) is 4. The van der Waals surface area contributed by atoms with Crippen molar-refractivity contribution in [3.63, 3.8) is 0 Å². The predicted octanol–water partition coefficient (Wildman–Crippen LogP) is 2.73. The van der Waals surface area contributed by atoms with Crippen molar-refractivity contribution in [2.45, 2.75) is 39.3 Å². The molecule has 13 heteroatoms. The first-order valence-electron chi connectivity index (χ1n) is 12.0. The summed E-state index contributed by atoms with van der Waals surface area (Å²) < 4.78 is 15.6. The molecule has 0 aromatic carbocycles. The van der Waals surface area contributed by atoms with Crippen LogP contribution >= 0.6 is 0 Å². The molecule has 12 nitrogen and oxygen atoms in total. The standard InChI is InChI=1S/C26H30FN7O5/c1-15(2)12-19-23-22(16(27)13-28-19)31-20(32-23)14-34-11-7-9-18(25(34)37)29-24(36)17(30-26(38)39)8-5-6-10-21(35)33(3)4/h6-7,9-13,17,30H,5,8,14H2,1-4H3,(H,29,36)(H,31,32)(H,38,39)/b10-6+. The van der Waals surface area contributed by atoms with E-state index in [0.717, 1.165) is 11.8 Å². The van der Waals surface area contributed by atoms with Gasteiger partial charge in [0.05, 0.1) is 24.0 Å². The number of imidazole rings is 1. The van der Waals surface area contributed by atoms with E-state index in [9.17, 15) is 23.6 Å². The van der Waals surface area contributed by atoms with Crippen LogP contribution in [0.4, 0.5) is 14.9 Å². The first kappa shape index (κ1) is 28.8. The number of pyridine rings is 2. The number of halogens is 1. The van der Waals surface area contributed by atoms with Gasteiger partial charge in [-0.15, -0.1) is 0 Å². The number of aromatic amines is 1. The Morgan fingerprint density at radius 3 is 2.69 bits per heavy atom. The zero-order chi connectivity index (χ0) is 28.7. The zero-order valence-corrected chi connectivity index (χ0v) is 22.0. The van der Waals surface area contributed by atoms with Crippen LogP contribution in [-0.4, -0.2) is 67.6 Å². The van der Waals surface area contributed by atoms with Crippen LogP contribution in [0.1, 0.15) is 38.2 Å². The van der Waals surface area contributed by atoms with Crippen molar-refractivity contribution in [2.75, 3.05) is 19.4 Å². The third kappa shape index (κ3) is 7.60. The minimum atomic E-state index is -1.41. The van der Waals surface area contributed by atoms with E-state index in [1.807, 2.05) is 13.8 Å². The number of fused-ring (bicyclic) bond motifs is 1. The molecule has 3 rings (SSSR count). The fourth-order valence-corrected chi connectivity index (χ4v) is 3.64. The van der Waals surface area contributed by atoms with E-state index in [2.05, 4.69) is 25.6 Å². The molecule has 4 N–H and O–H groups in total. The maximum absolute atomic E-state index is 14.3. The van der Waals surface area contributed by atoms with E-state index in [1.165, 1.54) is 39.9 Å². The van der Waals surface area contributed by atoms with Crippen LogP contribution < -0.4 is 16.2 Å². The number of carboxylic acid groups (broad SMARTS) is 1. The van der Waals surface area contributed by atoms with Gasteiger partial charge in [-0.25, -0.2) is 14.2 Å². The molecule has 0 spiro atoms. The fourth-order valence-electron chi connectivity index (χ4n) is 3.64. The molecule has 3 heterocycles. The number of carbonyl (C=O) groups excluding carboxylic acids is 2. The average molecular weight is 540 g/mol. The number of carbonyl (C=O) groups is 3. The second kappa shape index (κ2) is 12.6. The minimum Gasteiger partial charge on any atom is -0.465 e. The number of likely N-dealkylation sites (N-methyl/N-ethyl adjacent to an activating group) is 1. The van der Waals surface area contributed by atoms with Crippen LogP contribution in [-0.2, 0) is 16.1 Å². The summed E-state index contributed by atoms with van der Waals surface area (Å²) in [5.74, 6) is -1.29. The van der Waals surface area contributed by atoms with E-state index >= 15 is 0 Å². The largest absolute Gasteiger partial charge is 0.465 e. The van der Waals surface area contributed by atoms with Gasteiger partial charge >= 0.3 is 6.09 Å². The first-order chi connectivity index (χ1) is 18.5. The van der Waals surface area contributed by atoms with E-state index in [1.54, 1.807) is 20.2 Å². The fraction of sp³-hybridized carbons (Fsp3) is 0.308. The van der Waals surface area contributed by atoms with Gasteiger partial charge in [0.15, 0.2) is 5.82 Å². The van der Waals surface area contributed by atoms with Gasteiger partial charge in [0.1, 0.15) is 23.1 Å². The monoisotopic (exact) mass is 539 g/mol. The van der Waals surface area contributed by atoms with Crippen LogP contribution in [0, 0.1) is 5.82 Å². The normalized spacial score (nSPS) is 11.8. The van der Waals surface area contributed by atoms with Crippen LogP contribution in [0.25, 0.3) is 17.1 Å². The highest BCUT2D eigenvalue weighted by molar-refractivity contribution is 5.96. The Bertz CT molecular complexity index is 1500. The molecule has 3 aromatic heterocycles. The third-order valence-electron chi connectivity index (χ3n) is 5.51. The maximum Gasteiger partial charge on any atom is 0.405 e. The maximum atomic E-state index is 14.3. The molecule has 3 amide bonds. The molecular weight excluding hydrogens is 509 g/mol. The second-order valence-corrected chi connectivity index (χ2v) is 9.18. The van der Waals surface area contributed by atoms with Crippen LogP contribution in [0.15, 0.2) is 47.0 Å². The number of amides is 3. The molecule has 3 aromatic rings. The van der Waals surface area contributed by atoms with E-state index in [-0.39, 0.29) is 36.5 Å². The highest BCUT2D eigenvalue weighted by Gasteiger charge is 2.21. The Kier molecular flexibility index (Phi) is 9.31. The minimum absolute atomic E-state index is 0.0492. The SMILES string of the molecule is CC(C)=Cc1ncc(F)c2nc(Cn3cccc(NC(=O)C(CC/C=C/C(=O)N(C)C)NC(=O)O)c3=O)[nH]c12. The van der Waals surface area contributed by atoms with Crippen molar-refractivity contribution in [3.8, 4) is 0 Å². The number of H-pyrrole nitrogens is 1. The average Bonchev–Trinajstić information content (AvgIpc) is 3.29. The lowest BCUT2D eigenvalue weighted by atomic mass is 10.1. The van der Waals surface area contributed by atoms with E-state index in [4.69, 9.17) is 5.11 Å². The summed E-state index contributed by atoms with van der Waals surface area (Å²) >= 11 is 0. The molecule has 0 fully saturated rings. The van der Waals surface area contributed by atoms with Gasteiger partial charge in [0.25, 0.3) is 5.56 Å². The summed E-state index contributed by atoms with van der Waals surface area (Å²) in [6.45, 7) is 3.71. The Labute approximate surface area is 223 Å². The summed E-state index contributed by atoms with van der Waals surface area (Å²) in [6, 6.07) is 1.75. The summed E-state index contributed by atoms with van der Waals surface area (Å²) in [5, 5.41) is 13.7. The topological polar surface area (TPSA) is 162 Å². The quantitative estimate of drug-likeness (QED) is 0.288. The Hall–Kier alpha value is -4.81. The van der Waals surface area contributed by atoms with Gasteiger partial charge in [-0.3, -0.25) is 19.4 Å². The van der Waals surface area contributed by atoms with Gasteiger partial charge < -0.3 is 30.2 Å². The molecule has 0 radical (unpaired) electrons. The van der Waals surface area contributed by atoms with E-state index in [0.29, 0.717) is 17.0 Å². The van der Waals surface area contributed by atoms with Crippen molar-refractivity contribution in [1.29, 1.82) is 0 Å². The Morgan fingerprint density at radius 1 is 1.28 bits per heavy atom. The Balaban J connectivity index is 1.79. The molecule has 0 aliphatic rings.